The van der Waals surface area contributed by atoms with Gasteiger partial charge in [-0.05, 0) is 48.9 Å². The number of hydrogen-bond acceptors (Lipinski definition) is 4. The lowest BCUT2D eigenvalue weighted by molar-refractivity contribution is -0.0258. The van der Waals surface area contributed by atoms with Gasteiger partial charge in [-0.1, -0.05) is 22.1 Å². The number of amides is 1. The minimum atomic E-state index is -3.74. The van der Waals surface area contributed by atoms with Gasteiger partial charge in [0.2, 0.25) is 0 Å². The zero-order chi connectivity index (χ0) is 17.9. The number of benzene rings is 2. The molecule has 0 unspecified atom stereocenters. The molecular weight excluding hydrogens is 352 g/mol. The molecule has 24 heavy (non-hydrogen) atoms. The van der Waals surface area contributed by atoms with Gasteiger partial charge >= 0.3 is 0 Å². The van der Waals surface area contributed by atoms with Crippen molar-refractivity contribution in [3.63, 3.8) is 0 Å². The molecule has 0 spiro atoms. The van der Waals surface area contributed by atoms with Gasteiger partial charge in [0.15, 0.2) is 0 Å². The van der Waals surface area contributed by atoms with Gasteiger partial charge < -0.3 is 5.32 Å². The first kappa shape index (κ1) is 18.4. The van der Waals surface area contributed by atoms with Gasteiger partial charge in [-0.25, -0.2) is 8.42 Å². The van der Waals surface area contributed by atoms with Crippen molar-refractivity contribution in [1.82, 2.24) is 4.47 Å². The quantitative estimate of drug-likeness (QED) is 0.823. The number of hydroxylamine groups is 1. The molecule has 0 bridgehead atoms. The topological polar surface area (TPSA) is 75.7 Å². The smallest absolute Gasteiger partial charge is 0.264 e. The molecule has 2 rings (SSSR count). The summed E-state index contributed by atoms with van der Waals surface area (Å²) in [6.07, 6.45) is 0. The second kappa shape index (κ2) is 7.31. The van der Waals surface area contributed by atoms with E-state index in [0.29, 0.717) is 16.3 Å². The largest absolute Gasteiger partial charge is 0.322 e. The summed E-state index contributed by atoms with van der Waals surface area (Å²) in [6, 6.07) is 10.8. The number of halogens is 1. The van der Waals surface area contributed by atoms with Gasteiger partial charge in [0.05, 0.1) is 12.0 Å². The monoisotopic (exact) mass is 368 g/mol. The van der Waals surface area contributed by atoms with Crippen molar-refractivity contribution in [3.05, 3.63) is 58.6 Å². The Hall–Kier alpha value is -1.93. The molecule has 0 atom stereocenters. The molecule has 6 nitrogen and oxygen atoms in total. The first-order chi connectivity index (χ1) is 11.3. The zero-order valence-electron chi connectivity index (χ0n) is 13.4. The van der Waals surface area contributed by atoms with E-state index in [1.807, 2.05) is 0 Å². The fourth-order valence-corrected chi connectivity index (χ4v) is 3.11. The van der Waals surface area contributed by atoms with Crippen molar-refractivity contribution < 1.29 is 18.0 Å². The molecule has 0 aliphatic heterocycles. The Bertz CT molecular complexity index is 851. The molecule has 0 saturated heterocycles. The molecule has 0 saturated carbocycles. The molecule has 2 aromatic rings. The van der Waals surface area contributed by atoms with Crippen molar-refractivity contribution in [2.24, 2.45) is 0 Å². The molecule has 1 N–H and O–H groups in total. The Morgan fingerprint density at radius 3 is 2.38 bits per heavy atom. The van der Waals surface area contributed by atoms with Gasteiger partial charge in [0.25, 0.3) is 15.9 Å². The van der Waals surface area contributed by atoms with Gasteiger partial charge in [-0.2, -0.15) is 0 Å². The third-order valence-electron chi connectivity index (χ3n) is 3.53. The number of nitrogens with zero attached hydrogens (tertiary/aromatic N) is 1. The highest BCUT2D eigenvalue weighted by Gasteiger charge is 2.21. The number of rotatable bonds is 5. The molecule has 1 amide bonds. The number of sulfonamides is 1. The highest BCUT2D eigenvalue weighted by Crippen LogP contribution is 2.23. The summed E-state index contributed by atoms with van der Waals surface area (Å²) >= 11 is 6.02. The van der Waals surface area contributed by atoms with Crippen molar-refractivity contribution in [2.75, 3.05) is 19.5 Å². The van der Waals surface area contributed by atoms with Crippen LogP contribution in [0.25, 0.3) is 0 Å². The number of carbonyl (C=O) groups excluding carboxylic acids is 1. The zero-order valence-corrected chi connectivity index (χ0v) is 15.0. The van der Waals surface area contributed by atoms with Crippen LogP contribution in [0.4, 0.5) is 5.69 Å². The van der Waals surface area contributed by atoms with Gasteiger partial charge in [-0.3, -0.25) is 9.63 Å². The average molecular weight is 369 g/mol. The highest BCUT2D eigenvalue weighted by atomic mass is 35.5. The number of hydrogen-bond donors (Lipinski definition) is 1. The Kier molecular flexibility index (Phi) is 5.61. The van der Waals surface area contributed by atoms with Crippen LogP contribution in [0.3, 0.4) is 0 Å². The maximum absolute atomic E-state index is 12.3. The van der Waals surface area contributed by atoms with Crippen LogP contribution in [0.2, 0.25) is 5.02 Å². The summed E-state index contributed by atoms with van der Waals surface area (Å²) < 4.78 is 25.0. The minimum Gasteiger partial charge on any atom is -0.322 e. The molecule has 0 radical (unpaired) electrons. The van der Waals surface area contributed by atoms with Crippen LogP contribution in [0, 0.1) is 6.92 Å². The van der Waals surface area contributed by atoms with Gasteiger partial charge in [0.1, 0.15) is 0 Å². The fourth-order valence-electron chi connectivity index (χ4n) is 1.96. The van der Waals surface area contributed by atoms with E-state index in [1.165, 1.54) is 38.4 Å². The second-order valence-electron chi connectivity index (χ2n) is 4.99. The van der Waals surface area contributed by atoms with Gasteiger partial charge in [0, 0.05) is 23.3 Å². The lowest BCUT2D eigenvalue weighted by atomic mass is 10.1. The SMILES string of the molecule is CON(C)S(=O)(=O)c1ccc(C(=O)Nc2cccc(Cl)c2C)cc1. The first-order valence-electron chi connectivity index (χ1n) is 6.97. The molecule has 0 aliphatic rings. The summed E-state index contributed by atoms with van der Waals surface area (Å²) in [5, 5.41) is 3.30. The van der Waals surface area contributed by atoms with E-state index in [-0.39, 0.29) is 10.8 Å². The van der Waals surface area contributed by atoms with E-state index in [9.17, 15) is 13.2 Å². The summed E-state index contributed by atoms with van der Waals surface area (Å²) in [7, 11) is -1.19. The van der Waals surface area contributed by atoms with E-state index in [2.05, 4.69) is 5.32 Å². The molecule has 0 aromatic heterocycles. The van der Waals surface area contributed by atoms with Crippen LogP contribution in [0.15, 0.2) is 47.4 Å². The Balaban J connectivity index is 2.22. The van der Waals surface area contributed by atoms with Crippen LogP contribution in [-0.4, -0.2) is 33.0 Å². The lowest BCUT2D eigenvalue weighted by Crippen LogP contribution is -2.25. The Labute approximate surface area is 146 Å². The summed E-state index contributed by atoms with van der Waals surface area (Å²) in [6.45, 7) is 1.80. The normalized spacial score (nSPS) is 11.5. The molecule has 0 fully saturated rings. The maximum Gasteiger partial charge on any atom is 0.264 e. The molecule has 8 heteroatoms. The van der Waals surface area contributed by atoms with Crippen molar-refractivity contribution in [1.29, 1.82) is 0 Å². The number of nitrogens with one attached hydrogen (secondary N) is 1. The average Bonchev–Trinajstić information content (AvgIpc) is 2.58. The van der Waals surface area contributed by atoms with Gasteiger partial charge in [-0.15, -0.1) is 0 Å². The van der Waals surface area contributed by atoms with Crippen LogP contribution in [-0.2, 0) is 14.9 Å². The van der Waals surface area contributed by atoms with Crippen molar-refractivity contribution in [3.8, 4) is 0 Å². The van der Waals surface area contributed by atoms with Crippen LogP contribution >= 0.6 is 11.6 Å². The first-order valence-corrected chi connectivity index (χ1v) is 8.78. The molecule has 0 heterocycles. The standard InChI is InChI=1S/C16H17ClN2O4S/c1-11-14(17)5-4-6-15(11)18-16(20)12-7-9-13(10-8-12)24(21,22)19(2)23-3/h4-10H,1-3H3,(H,18,20). The van der Waals surface area contributed by atoms with Crippen LogP contribution in [0.1, 0.15) is 15.9 Å². The molecular formula is C16H17ClN2O4S. The van der Waals surface area contributed by atoms with Crippen LogP contribution < -0.4 is 5.32 Å². The lowest BCUT2D eigenvalue weighted by Gasteiger charge is -2.14. The number of carbonyl (C=O) groups is 1. The summed E-state index contributed by atoms with van der Waals surface area (Å²) in [5.74, 6) is -0.357. The van der Waals surface area contributed by atoms with Crippen molar-refractivity contribution in [2.45, 2.75) is 11.8 Å². The Morgan fingerprint density at radius 2 is 1.79 bits per heavy atom. The number of anilines is 1. The highest BCUT2D eigenvalue weighted by molar-refractivity contribution is 7.89. The van der Waals surface area contributed by atoms with Crippen LogP contribution in [0.5, 0.6) is 0 Å². The second-order valence-corrected chi connectivity index (χ2v) is 7.33. The fraction of sp³-hybridized carbons (Fsp3) is 0.188. The molecule has 128 valence electrons. The summed E-state index contributed by atoms with van der Waals surface area (Å²) in [5.41, 5.74) is 1.69. The Morgan fingerprint density at radius 1 is 1.17 bits per heavy atom. The third-order valence-corrected chi connectivity index (χ3v) is 5.63. The van der Waals surface area contributed by atoms with Crippen molar-refractivity contribution >= 4 is 33.2 Å². The maximum atomic E-state index is 12.3. The predicted octanol–water partition coefficient (Wildman–Crippen LogP) is 3.08. The van der Waals surface area contributed by atoms with E-state index >= 15 is 0 Å². The minimum absolute atomic E-state index is 0.0299. The molecule has 2 aromatic carbocycles. The van der Waals surface area contributed by atoms with E-state index in [4.69, 9.17) is 16.4 Å². The van der Waals surface area contributed by atoms with E-state index in [1.54, 1.807) is 25.1 Å². The predicted molar refractivity (Wildman–Crippen MR) is 92.5 cm³/mol. The van der Waals surface area contributed by atoms with E-state index < -0.39 is 10.0 Å². The third kappa shape index (κ3) is 3.76. The summed E-state index contributed by atoms with van der Waals surface area (Å²) in [4.78, 5) is 17.0. The molecule has 0 aliphatic carbocycles. The van der Waals surface area contributed by atoms with E-state index in [0.717, 1.165) is 10.0 Å².